The van der Waals surface area contributed by atoms with Crippen molar-refractivity contribution in [2.24, 2.45) is 0 Å². The molecule has 3 rings (SSSR count). The third kappa shape index (κ3) is 4.47. The normalized spacial score (nSPS) is 11.2. The van der Waals surface area contributed by atoms with Crippen LogP contribution in [0.1, 0.15) is 21.6 Å². The number of hydrogen-bond acceptors (Lipinski definition) is 8. The Hall–Kier alpha value is -2.76. The maximum Gasteiger partial charge on any atom is 0.278 e. The number of benzene rings is 1. The fourth-order valence-corrected chi connectivity index (χ4v) is 4.58. The topological polar surface area (TPSA) is 123 Å². The summed E-state index contributed by atoms with van der Waals surface area (Å²) in [6.45, 7) is 3.59. The van der Waals surface area contributed by atoms with E-state index in [1.165, 1.54) is 19.4 Å². The second kappa shape index (κ2) is 8.31. The summed E-state index contributed by atoms with van der Waals surface area (Å²) in [5, 5.41) is 2.46. The van der Waals surface area contributed by atoms with Crippen LogP contribution < -0.4 is 14.8 Å². The fraction of sp³-hybridized carbons (Fsp3) is 0.176. The maximum absolute atomic E-state index is 13.0. The van der Waals surface area contributed by atoms with Crippen LogP contribution in [0.5, 0.6) is 5.88 Å². The highest BCUT2D eigenvalue weighted by Gasteiger charge is 2.24. The van der Waals surface area contributed by atoms with Gasteiger partial charge in [-0.3, -0.25) is 9.52 Å². The summed E-state index contributed by atoms with van der Waals surface area (Å²) in [6.07, 6.45) is 1.27. The van der Waals surface area contributed by atoms with Crippen LogP contribution in [-0.4, -0.2) is 35.2 Å². The molecule has 2 heterocycles. The molecule has 0 saturated heterocycles. The van der Waals surface area contributed by atoms with Crippen LogP contribution in [0.4, 0.5) is 11.4 Å². The van der Waals surface area contributed by atoms with E-state index in [0.29, 0.717) is 5.69 Å². The van der Waals surface area contributed by atoms with E-state index in [1.54, 1.807) is 26.0 Å². The number of pyridine rings is 1. The van der Waals surface area contributed by atoms with Gasteiger partial charge < -0.3 is 10.1 Å². The lowest BCUT2D eigenvalue weighted by Gasteiger charge is -2.15. The Balaban J connectivity index is 1.96. The van der Waals surface area contributed by atoms with Crippen LogP contribution in [-0.2, 0) is 10.0 Å². The predicted molar refractivity (Wildman–Crippen MR) is 110 cm³/mol. The molecule has 0 fully saturated rings. The van der Waals surface area contributed by atoms with E-state index in [-0.39, 0.29) is 27.3 Å². The van der Waals surface area contributed by atoms with Crippen LogP contribution in [0.25, 0.3) is 0 Å². The number of carbonyl (C=O) groups is 1. The molecule has 0 atom stereocenters. The van der Waals surface area contributed by atoms with E-state index in [0.717, 1.165) is 22.9 Å². The summed E-state index contributed by atoms with van der Waals surface area (Å²) >= 11 is 6.59. The van der Waals surface area contributed by atoms with Gasteiger partial charge in [0.2, 0.25) is 5.88 Å². The summed E-state index contributed by atoms with van der Waals surface area (Å²) in [6, 6.07) is 6.66. The van der Waals surface area contributed by atoms with E-state index in [9.17, 15) is 13.2 Å². The molecule has 0 aliphatic rings. The first-order valence-electron chi connectivity index (χ1n) is 8.15. The minimum Gasteiger partial charge on any atom is -0.480 e. The van der Waals surface area contributed by atoms with Crippen molar-refractivity contribution in [3.8, 4) is 5.88 Å². The second-order valence-corrected chi connectivity index (χ2v) is 8.50. The second-order valence-electron chi connectivity index (χ2n) is 5.96. The molecule has 0 aliphatic carbocycles. The van der Waals surface area contributed by atoms with Gasteiger partial charge in [-0.2, -0.15) is 8.75 Å². The number of amides is 1. The number of nitrogens with zero attached hydrogens (tertiary/aromatic N) is 3. The quantitative estimate of drug-likeness (QED) is 0.587. The van der Waals surface area contributed by atoms with Gasteiger partial charge in [-0.15, -0.1) is 0 Å². The van der Waals surface area contributed by atoms with Crippen molar-refractivity contribution in [2.45, 2.75) is 18.7 Å². The summed E-state index contributed by atoms with van der Waals surface area (Å²) < 4.78 is 41.2. The molecule has 12 heteroatoms. The fourth-order valence-electron chi connectivity index (χ4n) is 2.51. The average Bonchev–Trinajstić information content (AvgIpc) is 3.11. The first kappa shape index (κ1) is 21.0. The van der Waals surface area contributed by atoms with Gasteiger partial charge in [-0.05, 0) is 31.0 Å². The number of methoxy groups -OCH3 is 1. The number of para-hydroxylation sites is 1. The Morgan fingerprint density at radius 3 is 2.48 bits per heavy atom. The molecule has 0 spiro atoms. The summed E-state index contributed by atoms with van der Waals surface area (Å²) in [4.78, 5) is 16.0. The van der Waals surface area contributed by atoms with Crippen molar-refractivity contribution in [3.05, 3.63) is 52.4 Å². The molecule has 0 bridgehead atoms. The highest BCUT2D eigenvalue weighted by molar-refractivity contribution is 7.92. The molecule has 1 amide bonds. The molecule has 0 saturated carbocycles. The molecule has 2 aromatic heterocycles. The highest BCUT2D eigenvalue weighted by atomic mass is 35.5. The van der Waals surface area contributed by atoms with Gasteiger partial charge in [0.05, 0.1) is 36.4 Å². The van der Waals surface area contributed by atoms with Crippen LogP contribution in [0.3, 0.4) is 0 Å². The van der Waals surface area contributed by atoms with Crippen molar-refractivity contribution in [1.29, 1.82) is 0 Å². The van der Waals surface area contributed by atoms with Crippen molar-refractivity contribution in [3.63, 3.8) is 0 Å². The molecule has 0 unspecified atom stereocenters. The van der Waals surface area contributed by atoms with Crippen molar-refractivity contribution in [1.82, 2.24) is 13.7 Å². The van der Waals surface area contributed by atoms with Gasteiger partial charge in [0.15, 0.2) is 15.7 Å². The monoisotopic (exact) mass is 453 g/mol. The van der Waals surface area contributed by atoms with Gasteiger partial charge in [0, 0.05) is 0 Å². The zero-order chi connectivity index (χ0) is 21.2. The number of aryl methyl sites for hydroxylation is 2. The molecule has 2 N–H and O–H groups in total. The number of nitrogens with one attached hydrogen (secondary N) is 2. The van der Waals surface area contributed by atoms with Crippen LogP contribution >= 0.6 is 23.3 Å². The number of hydrogen-bond donors (Lipinski definition) is 2. The highest BCUT2D eigenvalue weighted by Crippen LogP contribution is 2.29. The van der Waals surface area contributed by atoms with Crippen molar-refractivity contribution < 1.29 is 17.9 Å². The minimum absolute atomic E-state index is 0.0430. The lowest BCUT2D eigenvalue weighted by atomic mass is 10.1. The van der Waals surface area contributed by atoms with Crippen LogP contribution in [0.15, 0.2) is 35.4 Å². The Labute approximate surface area is 176 Å². The van der Waals surface area contributed by atoms with Gasteiger partial charge >= 0.3 is 0 Å². The van der Waals surface area contributed by atoms with Gasteiger partial charge in [0.25, 0.3) is 15.9 Å². The van der Waals surface area contributed by atoms with E-state index < -0.39 is 15.9 Å². The molecular formula is C17H16ClN5O4S2. The summed E-state index contributed by atoms with van der Waals surface area (Å²) in [5.41, 5.74) is 2.04. The molecule has 3 aromatic rings. The summed E-state index contributed by atoms with van der Waals surface area (Å²) in [5.74, 6) is -0.753. The molecule has 29 heavy (non-hydrogen) atoms. The molecule has 0 radical (unpaired) electrons. The number of ether oxygens (including phenoxy) is 1. The number of sulfonamides is 1. The lowest BCUT2D eigenvalue weighted by molar-refractivity contribution is 0.102. The summed E-state index contributed by atoms with van der Waals surface area (Å²) in [7, 11) is -2.76. The predicted octanol–water partition coefficient (Wildman–Crippen LogP) is 3.27. The van der Waals surface area contributed by atoms with Gasteiger partial charge in [0.1, 0.15) is 0 Å². The molecule has 152 valence electrons. The van der Waals surface area contributed by atoms with E-state index >= 15 is 0 Å². The lowest BCUT2D eigenvalue weighted by Crippen LogP contribution is -2.18. The van der Waals surface area contributed by atoms with Crippen LogP contribution in [0.2, 0.25) is 5.15 Å². The third-order valence-electron chi connectivity index (χ3n) is 3.94. The largest absolute Gasteiger partial charge is 0.480 e. The first-order chi connectivity index (χ1) is 13.7. The Bertz CT molecular complexity index is 1160. The Kier molecular flexibility index (Phi) is 6.01. The Morgan fingerprint density at radius 2 is 1.90 bits per heavy atom. The van der Waals surface area contributed by atoms with Crippen molar-refractivity contribution in [2.75, 3.05) is 17.1 Å². The van der Waals surface area contributed by atoms with E-state index in [2.05, 4.69) is 23.8 Å². The zero-order valence-corrected chi connectivity index (χ0v) is 17.9. The van der Waals surface area contributed by atoms with Crippen LogP contribution in [0, 0.1) is 13.8 Å². The smallest absolute Gasteiger partial charge is 0.278 e. The van der Waals surface area contributed by atoms with Gasteiger partial charge in [-0.25, -0.2) is 13.4 Å². The molecule has 1 aromatic carbocycles. The van der Waals surface area contributed by atoms with Gasteiger partial charge in [-0.1, -0.05) is 29.8 Å². The number of aromatic nitrogens is 3. The first-order valence-corrected chi connectivity index (χ1v) is 10.7. The average molecular weight is 454 g/mol. The number of rotatable bonds is 6. The van der Waals surface area contributed by atoms with E-state index in [4.69, 9.17) is 16.3 Å². The number of carbonyl (C=O) groups excluding carboxylic acids is 1. The molecule has 0 aliphatic heterocycles. The number of halogens is 1. The SMILES string of the molecule is COc1ncc(NC(=O)c2nsnc2Cl)cc1S(=O)(=O)Nc1c(C)cccc1C. The molecular weight excluding hydrogens is 438 g/mol. The molecule has 9 nitrogen and oxygen atoms in total. The Morgan fingerprint density at radius 1 is 1.21 bits per heavy atom. The van der Waals surface area contributed by atoms with E-state index in [1.807, 2.05) is 6.07 Å². The third-order valence-corrected chi connectivity index (χ3v) is 6.18. The maximum atomic E-state index is 13.0. The van der Waals surface area contributed by atoms with Crippen molar-refractivity contribution >= 4 is 50.6 Å². The standard InChI is InChI=1S/C17H16ClN5O4S2/c1-9-5-4-6-10(2)13(9)23-29(25,26)12-7-11(8-19-17(12)27-3)20-16(24)14-15(18)22-28-21-14/h4-8,23H,1-3H3,(H,20,24). The minimum atomic E-state index is -4.06. The zero-order valence-electron chi connectivity index (χ0n) is 15.6. The number of anilines is 2.